The summed E-state index contributed by atoms with van der Waals surface area (Å²) in [6, 6.07) is 6.44. The topological polar surface area (TPSA) is 76.8 Å². The molecular weight excluding hydrogens is 406 g/mol. The Morgan fingerprint density at radius 2 is 2.13 bits per heavy atom. The molecule has 0 bridgehead atoms. The molecule has 1 fully saturated rings. The summed E-state index contributed by atoms with van der Waals surface area (Å²) in [5.41, 5.74) is 1.94. The Morgan fingerprint density at radius 3 is 2.90 bits per heavy atom. The maximum Gasteiger partial charge on any atom is 0.397 e. The molecule has 0 radical (unpaired) electrons. The van der Waals surface area contributed by atoms with Gasteiger partial charge in [-0.15, -0.1) is 15.3 Å². The average Bonchev–Trinajstić information content (AvgIpc) is 3.49. The Hall–Kier alpha value is -3.17. The number of alkyl halides is 2. The van der Waals surface area contributed by atoms with Gasteiger partial charge in [-0.3, -0.25) is 0 Å². The summed E-state index contributed by atoms with van der Waals surface area (Å²) in [5.74, 6) is 2.46. The summed E-state index contributed by atoms with van der Waals surface area (Å²) in [5, 5.41) is 16.8. The minimum absolute atomic E-state index is 0.0617. The molecule has 0 amide bonds. The van der Waals surface area contributed by atoms with Crippen LogP contribution in [0.15, 0.2) is 24.3 Å². The maximum atomic E-state index is 13.7. The van der Waals surface area contributed by atoms with Crippen molar-refractivity contribution in [2.75, 3.05) is 37.0 Å². The smallest absolute Gasteiger partial charge is 0.397 e. The molecule has 2 aromatic heterocycles. The molecule has 0 saturated heterocycles. The molecule has 2 aliphatic rings. The van der Waals surface area contributed by atoms with Crippen LogP contribution in [0.3, 0.4) is 0 Å². The fourth-order valence-corrected chi connectivity index (χ4v) is 3.56. The van der Waals surface area contributed by atoms with Gasteiger partial charge in [-0.2, -0.15) is 13.3 Å². The number of rotatable bonds is 7. The van der Waals surface area contributed by atoms with Gasteiger partial charge in [0.15, 0.2) is 17.4 Å². The number of benzene rings is 1. The highest BCUT2D eigenvalue weighted by Crippen LogP contribution is 2.41. The number of nitrogens with zero attached hydrogens (tertiary/aromatic N) is 5. The molecular formula is C21H24F2N6O2. The number of hydrogen-bond acceptors (Lipinski definition) is 7. The van der Waals surface area contributed by atoms with Crippen molar-refractivity contribution in [3.05, 3.63) is 24.3 Å². The third-order valence-corrected chi connectivity index (χ3v) is 5.56. The molecule has 1 saturated carbocycles. The van der Waals surface area contributed by atoms with Crippen molar-refractivity contribution in [2.45, 2.75) is 32.3 Å². The number of fused-ring (bicyclic) bond motifs is 3. The third kappa shape index (κ3) is 3.82. The summed E-state index contributed by atoms with van der Waals surface area (Å²) in [4.78, 5) is 2.07. The van der Waals surface area contributed by atoms with Crippen LogP contribution in [-0.2, 0) is 0 Å². The second-order valence-electron chi connectivity index (χ2n) is 8.00. The SMILES string of the molecule is CCC(F)(F)Oc1cccc(-c2nnc3c4c(c(NCC5CC5)nn23)OCCN4C)c1. The third-order valence-electron chi connectivity index (χ3n) is 5.56. The van der Waals surface area contributed by atoms with Gasteiger partial charge >= 0.3 is 6.11 Å². The summed E-state index contributed by atoms with van der Waals surface area (Å²) in [6.45, 7) is 3.47. The van der Waals surface area contributed by atoms with E-state index >= 15 is 0 Å². The molecule has 5 rings (SSSR count). The molecule has 31 heavy (non-hydrogen) atoms. The molecule has 1 aliphatic carbocycles. The number of nitrogens with one attached hydrogen (secondary N) is 1. The van der Waals surface area contributed by atoms with Crippen molar-refractivity contribution in [1.29, 1.82) is 0 Å². The van der Waals surface area contributed by atoms with Gasteiger partial charge in [0, 0.05) is 25.6 Å². The number of anilines is 2. The summed E-state index contributed by atoms with van der Waals surface area (Å²) in [6.07, 6.45) is -1.22. The maximum absolute atomic E-state index is 13.7. The lowest BCUT2D eigenvalue weighted by Crippen LogP contribution is -2.30. The molecule has 0 atom stereocenters. The first-order valence-corrected chi connectivity index (χ1v) is 10.5. The van der Waals surface area contributed by atoms with E-state index < -0.39 is 12.5 Å². The van der Waals surface area contributed by atoms with E-state index in [2.05, 4.69) is 20.4 Å². The summed E-state index contributed by atoms with van der Waals surface area (Å²) < 4.78 is 39.8. The highest BCUT2D eigenvalue weighted by molar-refractivity contribution is 5.83. The molecule has 0 spiro atoms. The Labute approximate surface area is 178 Å². The minimum Gasteiger partial charge on any atom is -0.486 e. The average molecular weight is 430 g/mol. The fourth-order valence-electron chi connectivity index (χ4n) is 3.56. The van der Waals surface area contributed by atoms with E-state index in [0.717, 1.165) is 12.2 Å². The van der Waals surface area contributed by atoms with Crippen LogP contribution in [0.5, 0.6) is 11.5 Å². The lowest BCUT2D eigenvalue weighted by Gasteiger charge is -2.28. The van der Waals surface area contributed by atoms with Gasteiger partial charge in [0.05, 0.1) is 6.54 Å². The molecule has 10 heteroatoms. The van der Waals surface area contributed by atoms with Gasteiger partial charge in [0.25, 0.3) is 0 Å². The molecule has 8 nitrogen and oxygen atoms in total. The number of aromatic nitrogens is 4. The van der Waals surface area contributed by atoms with Gasteiger partial charge in [-0.05, 0) is 30.9 Å². The van der Waals surface area contributed by atoms with Crippen molar-refractivity contribution in [1.82, 2.24) is 19.8 Å². The molecule has 3 heterocycles. The minimum atomic E-state index is -3.23. The van der Waals surface area contributed by atoms with Crippen LogP contribution in [0.1, 0.15) is 26.2 Å². The van der Waals surface area contributed by atoms with Gasteiger partial charge in [0.1, 0.15) is 18.0 Å². The number of halogens is 2. The van der Waals surface area contributed by atoms with Crippen molar-refractivity contribution in [3.8, 4) is 22.9 Å². The van der Waals surface area contributed by atoms with Crippen LogP contribution in [0, 0.1) is 5.92 Å². The summed E-state index contributed by atoms with van der Waals surface area (Å²) in [7, 11) is 1.97. The Kier molecular flexibility index (Phi) is 4.79. The zero-order valence-corrected chi connectivity index (χ0v) is 17.4. The molecule has 1 aliphatic heterocycles. The quantitative estimate of drug-likeness (QED) is 0.611. The highest BCUT2D eigenvalue weighted by Gasteiger charge is 2.30. The molecule has 1 N–H and O–H groups in total. The van der Waals surface area contributed by atoms with E-state index in [9.17, 15) is 8.78 Å². The van der Waals surface area contributed by atoms with Crippen LogP contribution in [0.4, 0.5) is 20.3 Å². The fraction of sp³-hybridized carbons (Fsp3) is 0.476. The highest BCUT2D eigenvalue weighted by atomic mass is 19.3. The zero-order chi connectivity index (χ0) is 21.6. The Bertz CT molecular complexity index is 1110. The van der Waals surface area contributed by atoms with E-state index in [1.807, 2.05) is 7.05 Å². The van der Waals surface area contributed by atoms with Crippen LogP contribution in [-0.4, -0.2) is 52.7 Å². The van der Waals surface area contributed by atoms with Gasteiger partial charge in [-0.1, -0.05) is 19.1 Å². The first-order valence-electron chi connectivity index (χ1n) is 10.5. The number of likely N-dealkylation sites (N-methyl/N-ethyl adjacent to an activating group) is 1. The van der Waals surface area contributed by atoms with E-state index in [0.29, 0.717) is 47.7 Å². The lowest BCUT2D eigenvalue weighted by atomic mass is 10.2. The van der Waals surface area contributed by atoms with Crippen molar-refractivity contribution >= 4 is 17.2 Å². The molecule has 0 unspecified atom stereocenters. The van der Waals surface area contributed by atoms with Crippen molar-refractivity contribution < 1.29 is 18.3 Å². The van der Waals surface area contributed by atoms with Crippen LogP contribution < -0.4 is 19.7 Å². The van der Waals surface area contributed by atoms with Gasteiger partial charge < -0.3 is 19.7 Å². The normalized spacial score (nSPS) is 16.2. The van der Waals surface area contributed by atoms with Gasteiger partial charge in [-0.25, -0.2) is 0 Å². The predicted octanol–water partition coefficient (Wildman–Crippen LogP) is 3.82. The standard InChI is InChI=1S/C21H24F2N6O2/c1-3-21(22,23)31-15-6-4-5-14(11-15)19-25-26-20-16-17(30-10-9-28(16)2)18(27-29(19)20)24-12-13-7-8-13/h4-6,11,13H,3,7-10,12H2,1-2H3,(H,24,27). The van der Waals surface area contributed by atoms with E-state index in [1.54, 1.807) is 16.6 Å². The van der Waals surface area contributed by atoms with Crippen LogP contribution in [0.2, 0.25) is 0 Å². The summed E-state index contributed by atoms with van der Waals surface area (Å²) >= 11 is 0. The van der Waals surface area contributed by atoms with Crippen molar-refractivity contribution in [2.24, 2.45) is 5.92 Å². The van der Waals surface area contributed by atoms with Crippen LogP contribution in [0.25, 0.3) is 17.0 Å². The first-order chi connectivity index (χ1) is 14.9. The second-order valence-corrected chi connectivity index (χ2v) is 8.00. The zero-order valence-electron chi connectivity index (χ0n) is 17.4. The number of hydrogen-bond donors (Lipinski definition) is 1. The van der Waals surface area contributed by atoms with Crippen LogP contribution >= 0.6 is 0 Å². The molecule has 1 aromatic carbocycles. The monoisotopic (exact) mass is 430 g/mol. The number of ether oxygens (including phenoxy) is 2. The molecule has 164 valence electrons. The first kappa shape index (κ1) is 19.8. The second kappa shape index (κ2) is 7.51. The Morgan fingerprint density at radius 1 is 1.29 bits per heavy atom. The van der Waals surface area contributed by atoms with Gasteiger partial charge in [0.2, 0.25) is 5.65 Å². The Balaban J connectivity index is 1.59. The lowest BCUT2D eigenvalue weighted by molar-refractivity contribution is -0.177. The van der Waals surface area contributed by atoms with E-state index in [1.165, 1.54) is 31.9 Å². The van der Waals surface area contributed by atoms with Crippen molar-refractivity contribution in [3.63, 3.8) is 0 Å². The van der Waals surface area contributed by atoms with E-state index in [-0.39, 0.29) is 5.75 Å². The molecule has 3 aromatic rings. The largest absolute Gasteiger partial charge is 0.486 e. The van der Waals surface area contributed by atoms with E-state index in [4.69, 9.17) is 14.6 Å². The predicted molar refractivity (Wildman–Crippen MR) is 112 cm³/mol.